The molecule has 1 aromatic carbocycles. The van der Waals surface area contributed by atoms with Crippen LogP contribution in [0.3, 0.4) is 0 Å². The van der Waals surface area contributed by atoms with Crippen molar-refractivity contribution in [3.63, 3.8) is 0 Å². The number of halogens is 2. The molecule has 1 aromatic heterocycles. The summed E-state index contributed by atoms with van der Waals surface area (Å²) in [7, 11) is 0. The summed E-state index contributed by atoms with van der Waals surface area (Å²) >= 11 is 0. The largest absolute Gasteiger partial charge is 0.435 e. The Morgan fingerprint density at radius 1 is 1.20 bits per heavy atom. The number of nitrogens with zero attached hydrogens (tertiary/aromatic N) is 1. The number of aliphatic hydroxyl groups is 1. The molecular weight excluding hydrogens is 264 g/mol. The fraction of sp³-hybridized carbons (Fsp3) is 0.267. The Balaban J connectivity index is 2.06. The standard InChI is InChI=1S/C15H15F2NO2/c1-10-3-2-8-18-13(10)9-14(19)11-4-6-12(7-5-11)20-15(16)17/h2-8,14-15,19H,9H2,1H3. The maximum Gasteiger partial charge on any atom is 0.387 e. The van der Waals surface area contributed by atoms with Gasteiger partial charge in [-0.15, -0.1) is 0 Å². The first-order valence-electron chi connectivity index (χ1n) is 6.19. The summed E-state index contributed by atoms with van der Waals surface area (Å²) in [5.74, 6) is 0.0740. The SMILES string of the molecule is Cc1cccnc1CC(O)c1ccc(OC(F)F)cc1. The van der Waals surface area contributed by atoms with E-state index < -0.39 is 12.7 Å². The highest BCUT2D eigenvalue weighted by atomic mass is 19.3. The number of benzene rings is 1. The third-order valence-electron chi connectivity index (χ3n) is 2.99. The molecule has 0 amide bonds. The van der Waals surface area contributed by atoms with Crippen molar-refractivity contribution >= 4 is 0 Å². The van der Waals surface area contributed by atoms with Crippen LogP contribution in [0.2, 0.25) is 0 Å². The number of aliphatic hydroxyl groups excluding tert-OH is 1. The van der Waals surface area contributed by atoms with Gasteiger partial charge >= 0.3 is 6.61 Å². The minimum Gasteiger partial charge on any atom is -0.435 e. The number of pyridine rings is 1. The molecule has 0 radical (unpaired) electrons. The van der Waals surface area contributed by atoms with Crippen LogP contribution >= 0.6 is 0 Å². The van der Waals surface area contributed by atoms with E-state index in [-0.39, 0.29) is 5.75 Å². The van der Waals surface area contributed by atoms with Crippen molar-refractivity contribution in [3.05, 3.63) is 59.4 Å². The van der Waals surface area contributed by atoms with Gasteiger partial charge in [-0.2, -0.15) is 8.78 Å². The molecule has 3 nitrogen and oxygen atoms in total. The van der Waals surface area contributed by atoms with Gasteiger partial charge in [-0.05, 0) is 36.2 Å². The predicted molar refractivity (Wildman–Crippen MR) is 70.7 cm³/mol. The molecule has 0 saturated heterocycles. The second-order valence-corrected chi connectivity index (χ2v) is 4.43. The smallest absolute Gasteiger partial charge is 0.387 e. The number of hydrogen-bond donors (Lipinski definition) is 1. The van der Waals surface area contributed by atoms with Gasteiger partial charge in [0.2, 0.25) is 0 Å². The molecule has 106 valence electrons. The lowest BCUT2D eigenvalue weighted by atomic mass is 10.0. The van der Waals surface area contributed by atoms with Crippen LogP contribution in [0.15, 0.2) is 42.6 Å². The Labute approximate surface area is 115 Å². The third-order valence-corrected chi connectivity index (χ3v) is 2.99. The molecule has 1 heterocycles. The molecule has 1 atom stereocenters. The topological polar surface area (TPSA) is 42.4 Å². The molecular formula is C15H15F2NO2. The highest BCUT2D eigenvalue weighted by Crippen LogP contribution is 2.22. The summed E-state index contributed by atoms with van der Waals surface area (Å²) in [4.78, 5) is 4.22. The Morgan fingerprint density at radius 3 is 2.50 bits per heavy atom. The van der Waals surface area contributed by atoms with E-state index in [4.69, 9.17) is 0 Å². The van der Waals surface area contributed by atoms with Crippen molar-refractivity contribution in [2.45, 2.75) is 26.1 Å². The number of hydrogen-bond acceptors (Lipinski definition) is 3. The number of aromatic nitrogens is 1. The van der Waals surface area contributed by atoms with Crippen LogP contribution in [0.25, 0.3) is 0 Å². The van der Waals surface area contributed by atoms with Gasteiger partial charge in [0.15, 0.2) is 0 Å². The van der Waals surface area contributed by atoms with Crippen molar-refractivity contribution in [2.24, 2.45) is 0 Å². The number of rotatable bonds is 5. The van der Waals surface area contributed by atoms with E-state index in [1.165, 1.54) is 12.1 Å². The summed E-state index contributed by atoms with van der Waals surface area (Å²) in [6.45, 7) is -0.920. The number of alkyl halides is 2. The maximum absolute atomic E-state index is 12.0. The third kappa shape index (κ3) is 3.74. The first-order valence-corrected chi connectivity index (χ1v) is 6.19. The van der Waals surface area contributed by atoms with Gasteiger partial charge in [-0.25, -0.2) is 0 Å². The Morgan fingerprint density at radius 2 is 1.90 bits per heavy atom. The van der Waals surface area contributed by atoms with E-state index in [0.717, 1.165) is 11.3 Å². The zero-order chi connectivity index (χ0) is 14.5. The monoisotopic (exact) mass is 279 g/mol. The first kappa shape index (κ1) is 14.4. The van der Waals surface area contributed by atoms with Gasteiger partial charge in [0.25, 0.3) is 0 Å². The summed E-state index contributed by atoms with van der Waals surface area (Å²) in [5.41, 5.74) is 2.45. The van der Waals surface area contributed by atoms with Gasteiger partial charge in [-0.3, -0.25) is 4.98 Å². The van der Waals surface area contributed by atoms with Crippen LogP contribution in [0.4, 0.5) is 8.78 Å². The second kappa shape index (κ2) is 6.43. The van der Waals surface area contributed by atoms with Crippen molar-refractivity contribution in [1.82, 2.24) is 4.98 Å². The minimum atomic E-state index is -2.85. The van der Waals surface area contributed by atoms with E-state index >= 15 is 0 Å². The quantitative estimate of drug-likeness (QED) is 0.913. The summed E-state index contributed by atoms with van der Waals surface area (Å²) in [6.07, 6.45) is 1.32. The molecule has 1 unspecified atom stereocenters. The Kier molecular flexibility index (Phi) is 4.63. The van der Waals surface area contributed by atoms with E-state index in [9.17, 15) is 13.9 Å². The van der Waals surface area contributed by atoms with Crippen molar-refractivity contribution < 1.29 is 18.6 Å². The lowest BCUT2D eigenvalue weighted by Gasteiger charge is -2.13. The van der Waals surface area contributed by atoms with E-state index in [2.05, 4.69) is 9.72 Å². The van der Waals surface area contributed by atoms with Crippen LogP contribution in [0.1, 0.15) is 22.9 Å². The Bertz CT molecular complexity index is 558. The van der Waals surface area contributed by atoms with Crippen molar-refractivity contribution in [3.8, 4) is 5.75 Å². The van der Waals surface area contributed by atoms with E-state index in [1.807, 2.05) is 19.1 Å². The van der Waals surface area contributed by atoms with Gasteiger partial charge in [-0.1, -0.05) is 18.2 Å². The highest BCUT2D eigenvalue weighted by molar-refractivity contribution is 5.30. The molecule has 0 saturated carbocycles. The number of ether oxygens (including phenoxy) is 1. The Hall–Kier alpha value is -2.01. The van der Waals surface area contributed by atoms with Crippen molar-refractivity contribution in [2.75, 3.05) is 0 Å². The van der Waals surface area contributed by atoms with Crippen molar-refractivity contribution in [1.29, 1.82) is 0 Å². The zero-order valence-corrected chi connectivity index (χ0v) is 11.0. The van der Waals surface area contributed by atoms with E-state index in [0.29, 0.717) is 12.0 Å². The molecule has 0 aliphatic rings. The first-order chi connectivity index (χ1) is 9.56. The van der Waals surface area contributed by atoms with Gasteiger partial charge < -0.3 is 9.84 Å². The highest BCUT2D eigenvalue weighted by Gasteiger charge is 2.12. The minimum absolute atomic E-state index is 0.0740. The second-order valence-electron chi connectivity index (χ2n) is 4.43. The van der Waals surface area contributed by atoms with Crippen LogP contribution in [-0.2, 0) is 6.42 Å². The molecule has 0 aliphatic heterocycles. The lowest BCUT2D eigenvalue weighted by Crippen LogP contribution is -2.06. The molecule has 0 spiro atoms. The average molecular weight is 279 g/mol. The van der Waals surface area contributed by atoms with Gasteiger partial charge in [0.05, 0.1) is 6.10 Å². The normalized spacial score (nSPS) is 12.4. The predicted octanol–water partition coefficient (Wildman–Crippen LogP) is 3.27. The lowest BCUT2D eigenvalue weighted by molar-refractivity contribution is -0.0498. The molecule has 5 heteroatoms. The van der Waals surface area contributed by atoms with E-state index in [1.54, 1.807) is 18.3 Å². The fourth-order valence-electron chi connectivity index (χ4n) is 1.90. The molecule has 0 bridgehead atoms. The number of aryl methyl sites for hydroxylation is 1. The summed E-state index contributed by atoms with van der Waals surface area (Å²) in [6, 6.07) is 9.73. The molecule has 2 aromatic rings. The van der Waals surface area contributed by atoms with Gasteiger partial charge in [0.1, 0.15) is 5.75 Å². The molecule has 0 fully saturated rings. The van der Waals surface area contributed by atoms with Gasteiger partial charge in [0, 0.05) is 18.3 Å². The summed E-state index contributed by atoms with van der Waals surface area (Å²) < 4.78 is 28.3. The van der Waals surface area contributed by atoms with Crippen LogP contribution in [-0.4, -0.2) is 16.7 Å². The molecule has 2 rings (SSSR count). The summed E-state index contributed by atoms with van der Waals surface area (Å²) in [5, 5.41) is 10.1. The average Bonchev–Trinajstić information content (AvgIpc) is 2.41. The van der Waals surface area contributed by atoms with Crippen LogP contribution in [0.5, 0.6) is 5.75 Å². The maximum atomic E-state index is 12.0. The fourth-order valence-corrected chi connectivity index (χ4v) is 1.90. The van der Waals surface area contributed by atoms with Crippen LogP contribution in [0, 0.1) is 6.92 Å². The zero-order valence-electron chi connectivity index (χ0n) is 11.0. The molecule has 20 heavy (non-hydrogen) atoms. The molecule has 0 aliphatic carbocycles. The molecule has 1 N–H and O–H groups in total. The van der Waals surface area contributed by atoms with Crippen LogP contribution < -0.4 is 4.74 Å².